The fourth-order valence-corrected chi connectivity index (χ4v) is 3.24. The number of aliphatic hydroxyl groups is 8. The second-order valence-corrected chi connectivity index (χ2v) is 6.94. The quantitative estimate of drug-likeness (QED) is 0.196. The van der Waals surface area contributed by atoms with Crippen LogP contribution in [0.2, 0.25) is 0 Å². The van der Waals surface area contributed by atoms with Gasteiger partial charge in [-0.05, 0) is 0 Å². The van der Waals surface area contributed by atoms with Crippen molar-refractivity contribution >= 4 is 0 Å². The number of rotatable bonds is 7. The van der Waals surface area contributed by atoms with E-state index in [0.29, 0.717) is 0 Å². The summed E-state index contributed by atoms with van der Waals surface area (Å²) in [6.07, 6.45) is -15.8. The molecule has 13 heteroatoms. The molecule has 0 spiro atoms. The van der Waals surface area contributed by atoms with Crippen LogP contribution in [0.1, 0.15) is 0 Å². The van der Waals surface area contributed by atoms with Gasteiger partial charge in [-0.25, -0.2) is 0 Å². The van der Waals surface area contributed by atoms with Crippen molar-refractivity contribution in [3.63, 3.8) is 0 Å². The summed E-state index contributed by atoms with van der Waals surface area (Å²) < 4.78 is 25.9. The summed E-state index contributed by atoms with van der Waals surface area (Å²) in [7, 11) is 0. The molecule has 0 bridgehead atoms. The van der Waals surface area contributed by atoms with E-state index in [0.717, 1.165) is 0 Å². The summed E-state index contributed by atoms with van der Waals surface area (Å²) >= 11 is 0. The van der Waals surface area contributed by atoms with Gasteiger partial charge < -0.3 is 64.5 Å². The van der Waals surface area contributed by atoms with Gasteiger partial charge in [0.1, 0.15) is 54.9 Å². The van der Waals surface area contributed by atoms with Crippen molar-refractivity contribution in [2.75, 3.05) is 19.8 Å². The molecular weight excluding hydrogens is 388 g/mol. The van der Waals surface area contributed by atoms with Crippen LogP contribution < -0.4 is 0 Å². The van der Waals surface area contributed by atoms with Gasteiger partial charge in [0, 0.05) is 0 Å². The van der Waals surface area contributed by atoms with E-state index < -0.39 is 80.4 Å². The molecule has 13 nitrogen and oxygen atoms in total. The predicted molar refractivity (Wildman–Crippen MR) is 83.2 cm³/mol. The van der Waals surface area contributed by atoms with Gasteiger partial charge in [0.15, 0.2) is 18.9 Å². The molecule has 3 rings (SSSR count). The molecule has 0 aromatic heterocycles. The first kappa shape index (κ1) is 22.2. The summed E-state index contributed by atoms with van der Waals surface area (Å²) in [5.74, 6) is 0. The maximum absolute atomic E-state index is 10.1. The van der Waals surface area contributed by atoms with Crippen LogP contribution >= 0.6 is 0 Å². The van der Waals surface area contributed by atoms with E-state index in [-0.39, 0.29) is 13.2 Å². The molecule has 0 aromatic rings. The number of hydrogen-bond donors (Lipinski definition) is 8. The molecule has 8 N–H and O–H groups in total. The SMILES string of the molecule is OC[C@@H]1O[C@@H](OC[C@@H]2O[C@@H](OC[C@@H]3O[C@H](O)[C@H](O)[C@H]3O)[C@H](O)[C@H]2O)[C@H](O)[C@H]1O. The Kier molecular flexibility index (Phi) is 7.20. The van der Waals surface area contributed by atoms with Crippen LogP contribution in [-0.4, -0.2) is 134 Å². The molecule has 0 radical (unpaired) electrons. The molecule has 0 amide bonds. The van der Waals surface area contributed by atoms with Gasteiger partial charge in [0.25, 0.3) is 0 Å². The van der Waals surface area contributed by atoms with Crippen molar-refractivity contribution in [1.82, 2.24) is 0 Å². The minimum absolute atomic E-state index is 0.329. The lowest BCUT2D eigenvalue weighted by Crippen LogP contribution is -2.39. The van der Waals surface area contributed by atoms with Crippen molar-refractivity contribution in [3.8, 4) is 0 Å². The van der Waals surface area contributed by atoms with E-state index in [4.69, 9.17) is 28.8 Å². The number of ether oxygens (including phenoxy) is 5. The topological polar surface area (TPSA) is 208 Å². The maximum atomic E-state index is 10.1. The molecule has 12 atom stereocenters. The molecule has 0 saturated carbocycles. The normalized spacial score (nSPS) is 51.9. The monoisotopic (exact) mass is 414 g/mol. The van der Waals surface area contributed by atoms with Crippen LogP contribution in [0.4, 0.5) is 0 Å². The van der Waals surface area contributed by atoms with Crippen LogP contribution in [0.25, 0.3) is 0 Å². The zero-order chi connectivity index (χ0) is 20.6. The second kappa shape index (κ2) is 9.09. The molecule has 0 unspecified atom stereocenters. The fourth-order valence-electron chi connectivity index (χ4n) is 3.24. The van der Waals surface area contributed by atoms with Gasteiger partial charge in [-0.2, -0.15) is 0 Å². The molecule has 3 aliphatic rings. The van der Waals surface area contributed by atoms with Crippen LogP contribution in [0.3, 0.4) is 0 Å². The van der Waals surface area contributed by atoms with Crippen molar-refractivity contribution in [2.45, 2.75) is 73.8 Å². The Balaban J connectivity index is 1.46. The molecule has 3 fully saturated rings. The lowest BCUT2D eigenvalue weighted by Gasteiger charge is -2.20. The zero-order valence-electron chi connectivity index (χ0n) is 14.7. The van der Waals surface area contributed by atoms with Crippen LogP contribution in [-0.2, 0) is 23.7 Å². The van der Waals surface area contributed by atoms with Crippen molar-refractivity contribution in [2.24, 2.45) is 0 Å². The first-order chi connectivity index (χ1) is 13.2. The minimum Gasteiger partial charge on any atom is -0.394 e. The van der Waals surface area contributed by atoms with Crippen molar-refractivity contribution in [1.29, 1.82) is 0 Å². The summed E-state index contributed by atoms with van der Waals surface area (Å²) in [4.78, 5) is 0. The van der Waals surface area contributed by atoms with Crippen LogP contribution in [0.5, 0.6) is 0 Å². The number of aliphatic hydroxyl groups excluding tert-OH is 8. The average Bonchev–Trinajstić information content (AvgIpc) is 3.21. The molecule has 164 valence electrons. The molecule has 0 aliphatic carbocycles. The molecule has 0 aromatic carbocycles. The summed E-state index contributed by atoms with van der Waals surface area (Å²) in [6.45, 7) is -1.19. The Morgan fingerprint density at radius 1 is 0.536 bits per heavy atom. The highest BCUT2D eigenvalue weighted by molar-refractivity contribution is 4.90. The largest absolute Gasteiger partial charge is 0.394 e. The Morgan fingerprint density at radius 3 is 1.39 bits per heavy atom. The summed E-state index contributed by atoms with van der Waals surface area (Å²) in [5.41, 5.74) is 0. The van der Waals surface area contributed by atoms with Crippen LogP contribution in [0, 0.1) is 0 Å². The molecule has 3 saturated heterocycles. The average molecular weight is 414 g/mol. The van der Waals surface area contributed by atoms with E-state index >= 15 is 0 Å². The van der Waals surface area contributed by atoms with Gasteiger partial charge >= 0.3 is 0 Å². The van der Waals surface area contributed by atoms with Gasteiger partial charge in [0.2, 0.25) is 0 Å². The highest BCUT2D eigenvalue weighted by Gasteiger charge is 2.48. The third-order valence-electron chi connectivity index (χ3n) is 5.00. The smallest absolute Gasteiger partial charge is 0.186 e. The Bertz CT molecular complexity index is 508. The van der Waals surface area contributed by atoms with E-state index in [9.17, 15) is 35.7 Å². The highest BCUT2D eigenvalue weighted by atomic mass is 16.7. The van der Waals surface area contributed by atoms with Crippen LogP contribution in [0.15, 0.2) is 0 Å². The summed E-state index contributed by atoms with van der Waals surface area (Å²) in [6, 6.07) is 0. The molecule has 28 heavy (non-hydrogen) atoms. The zero-order valence-corrected chi connectivity index (χ0v) is 14.7. The van der Waals surface area contributed by atoms with Crippen molar-refractivity contribution in [3.05, 3.63) is 0 Å². The van der Waals surface area contributed by atoms with E-state index in [1.807, 2.05) is 0 Å². The fraction of sp³-hybridized carbons (Fsp3) is 1.00. The first-order valence-electron chi connectivity index (χ1n) is 8.81. The third-order valence-corrected chi connectivity index (χ3v) is 5.00. The second-order valence-electron chi connectivity index (χ2n) is 6.94. The lowest BCUT2D eigenvalue weighted by atomic mass is 10.1. The maximum Gasteiger partial charge on any atom is 0.186 e. The van der Waals surface area contributed by atoms with Gasteiger partial charge in [-0.15, -0.1) is 0 Å². The Hall–Kier alpha value is -0.520. The third kappa shape index (κ3) is 4.32. The molecule has 3 aliphatic heterocycles. The molecule has 3 heterocycles. The predicted octanol–water partition coefficient (Wildman–Crippen LogP) is -5.66. The van der Waals surface area contributed by atoms with Crippen molar-refractivity contribution < 1.29 is 64.5 Å². The van der Waals surface area contributed by atoms with E-state index in [2.05, 4.69) is 0 Å². The summed E-state index contributed by atoms with van der Waals surface area (Å²) in [5, 5.41) is 77.1. The van der Waals surface area contributed by atoms with Gasteiger partial charge in [-0.3, -0.25) is 0 Å². The van der Waals surface area contributed by atoms with Gasteiger partial charge in [-0.1, -0.05) is 0 Å². The highest BCUT2D eigenvalue weighted by Crippen LogP contribution is 2.27. The molecular formula is C15H26O13. The van der Waals surface area contributed by atoms with E-state index in [1.54, 1.807) is 0 Å². The standard InChI is InChI=1S/C15H26O13/c16-1-4-7(17)11(21)14(27-4)25-3-6-9(19)12(22)15(28-6)24-2-5-8(18)10(20)13(23)26-5/h4-23H,1-3H2/t4-,5-,6-,7-,8-,9-,10+,11+,12+,13-,14+,15+/m0/s1. The lowest BCUT2D eigenvalue weighted by molar-refractivity contribution is -0.215. The minimum atomic E-state index is -1.57. The van der Waals surface area contributed by atoms with E-state index in [1.165, 1.54) is 0 Å². The first-order valence-corrected chi connectivity index (χ1v) is 8.81. The Morgan fingerprint density at radius 2 is 0.964 bits per heavy atom. The Labute approximate surface area is 159 Å². The van der Waals surface area contributed by atoms with Gasteiger partial charge in [0.05, 0.1) is 19.8 Å². The number of hydrogen-bond acceptors (Lipinski definition) is 13.